The number of hydrogen-bond donors (Lipinski definition) is 3. The molecule has 220 valence electrons. The first-order chi connectivity index (χ1) is 19.7. The Balaban J connectivity index is 1.46. The number of halogens is 1. The predicted octanol–water partition coefficient (Wildman–Crippen LogP) is 3.41. The number of likely N-dealkylation sites (tertiary alicyclic amines) is 1. The molecule has 0 saturated carbocycles. The van der Waals surface area contributed by atoms with Crippen molar-refractivity contribution in [1.82, 2.24) is 15.1 Å². The van der Waals surface area contributed by atoms with E-state index >= 15 is 0 Å². The third kappa shape index (κ3) is 7.86. The lowest BCUT2D eigenvalue weighted by atomic mass is 9.92. The monoisotopic (exact) mass is 581 g/mol. The number of carbonyl (C=O) groups is 4. The van der Waals surface area contributed by atoms with E-state index in [1.807, 2.05) is 36.1 Å². The van der Waals surface area contributed by atoms with Crippen molar-refractivity contribution < 1.29 is 19.2 Å². The largest absolute Gasteiger partial charge is 0.342 e. The third-order valence-electron chi connectivity index (χ3n) is 7.95. The number of benzene rings is 2. The van der Waals surface area contributed by atoms with Crippen molar-refractivity contribution in [3.63, 3.8) is 0 Å². The van der Waals surface area contributed by atoms with Gasteiger partial charge >= 0.3 is 0 Å². The number of piperidine rings is 1. The highest BCUT2D eigenvalue weighted by molar-refractivity contribution is 6.31. The van der Waals surface area contributed by atoms with Crippen molar-refractivity contribution in [2.75, 3.05) is 25.0 Å². The van der Waals surface area contributed by atoms with E-state index in [9.17, 15) is 19.2 Å². The summed E-state index contributed by atoms with van der Waals surface area (Å²) in [5.74, 6) is -0.654. The number of nitrogens with two attached hydrogens (primary N) is 1. The molecule has 4 N–H and O–H groups in total. The molecule has 2 aromatic rings. The highest BCUT2D eigenvalue weighted by Gasteiger charge is 2.36. The molecule has 2 aliphatic rings. The molecule has 2 aromatic carbocycles. The second-order valence-electron chi connectivity index (χ2n) is 11.2. The van der Waals surface area contributed by atoms with Crippen molar-refractivity contribution in [2.24, 2.45) is 11.7 Å². The lowest BCUT2D eigenvalue weighted by molar-refractivity contribution is -0.144. The molecule has 1 fully saturated rings. The first-order valence-corrected chi connectivity index (χ1v) is 14.8. The van der Waals surface area contributed by atoms with Crippen LogP contribution in [-0.4, -0.2) is 65.1 Å². The molecule has 4 rings (SSSR count). The van der Waals surface area contributed by atoms with Gasteiger partial charge in [0.05, 0.1) is 0 Å². The van der Waals surface area contributed by atoms with Crippen LogP contribution < -0.4 is 16.4 Å². The predicted molar refractivity (Wildman–Crippen MR) is 159 cm³/mol. The number of fused-ring (bicyclic) bond motifs is 1. The molecule has 0 aromatic heterocycles. The molecule has 0 unspecified atom stereocenters. The van der Waals surface area contributed by atoms with E-state index < -0.39 is 23.9 Å². The van der Waals surface area contributed by atoms with Crippen molar-refractivity contribution in [3.05, 3.63) is 64.2 Å². The first-order valence-electron chi connectivity index (χ1n) is 14.4. The summed E-state index contributed by atoms with van der Waals surface area (Å²) < 4.78 is 0. The van der Waals surface area contributed by atoms with Gasteiger partial charge in [0, 0.05) is 49.6 Å². The Kier molecular flexibility index (Phi) is 10.4. The van der Waals surface area contributed by atoms with Crippen LogP contribution in [0.1, 0.15) is 55.7 Å². The Bertz CT molecular complexity index is 1280. The van der Waals surface area contributed by atoms with Gasteiger partial charge < -0.3 is 26.2 Å². The second-order valence-corrected chi connectivity index (χ2v) is 11.6. The molecule has 0 bridgehead atoms. The minimum absolute atomic E-state index is 0.0261. The molecule has 0 aliphatic carbocycles. The summed E-state index contributed by atoms with van der Waals surface area (Å²) in [6.07, 6.45) is 2.76. The molecule has 4 amide bonds. The summed E-state index contributed by atoms with van der Waals surface area (Å²) >= 11 is 6.10. The van der Waals surface area contributed by atoms with Gasteiger partial charge in [-0.2, -0.15) is 0 Å². The maximum atomic E-state index is 13.7. The molecule has 2 heterocycles. The van der Waals surface area contributed by atoms with E-state index in [0.717, 1.165) is 42.6 Å². The topological polar surface area (TPSA) is 125 Å². The van der Waals surface area contributed by atoms with Crippen LogP contribution in [0.25, 0.3) is 0 Å². The SMILES string of the molecule is Cc1cc(NC(=O)[C@H](CCN)NC(=O)[C@@H]2Cc3ccccc3CN2C(=O)CCC(=O)N2CCC[C@@H](C)C2)ccc1Cl. The average Bonchev–Trinajstić information content (AvgIpc) is 2.96. The zero-order valence-corrected chi connectivity index (χ0v) is 24.6. The number of anilines is 1. The molecule has 3 atom stereocenters. The maximum absolute atomic E-state index is 13.7. The molecule has 2 aliphatic heterocycles. The summed E-state index contributed by atoms with van der Waals surface area (Å²) in [5, 5.41) is 6.26. The molecule has 1 saturated heterocycles. The average molecular weight is 582 g/mol. The van der Waals surface area contributed by atoms with Crippen LogP contribution in [0.15, 0.2) is 42.5 Å². The van der Waals surface area contributed by atoms with Gasteiger partial charge in [-0.15, -0.1) is 0 Å². The molecule has 9 nitrogen and oxygen atoms in total. The molecule has 10 heteroatoms. The minimum Gasteiger partial charge on any atom is -0.342 e. The van der Waals surface area contributed by atoms with E-state index in [0.29, 0.717) is 23.0 Å². The summed E-state index contributed by atoms with van der Waals surface area (Å²) in [5.41, 5.74) is 9.10. The van der Waals surface area contributed by atoms with Gasteiger partial charge in [-0.25, -0.2) is 0 Å². The van der Waals surface area contributed by atoms with Crippen molar-refractivity contribution >= 4 is 40.9 Å². The number of amides is 4. The van der Waals surface area contributed by atoms with Crippen molar-refractivity contribution in [3.8, 4) is 0 Å². The number of carbonyl (C=O) groups excluding carboxylic acids is 4. The van der Waals surface area contributed by atoms with E-state index in [2.05, 4.69) is 17.6 Å². The van der Waals surface area contributed by atoms with Gasteiger partial charge in [0.1, 0.15) is 12.1 Å². The zero-order valence-electron chi connectivity index (χ0n) is 23.8. The molecule has 41 heavy (non-hydrogen) atoms. The van der Waals surface area contributed by atoms with E-state index in [-0.39, 0.29) is 44.2 Å². The number of nitrogens with zero attached hydrogens (tertiary/aromatic N) is 2. The van der Waals surface area contributed by atoms with Gasteiger partial charge in [0.15, 0.2) is 0 Å². The lowest BCUT2D eigenvalue weighted by Gasteiger charge is -2.37. The molecular weight excluding hydrogens is 542 g/mol. The summed E-state index contributed by atoms with van der Waals surface area (Å²) in [6.45, 7) is 5.86. The minimum atomic E-state index is -0.889. The fraction of sp³-hybridized carbons (Fsp3) is 0.484. The van der Waals surface area contributed by atoms with Crippen LogP contribution in [0.3, 0.4) is 0 Å². The highest BCUT2D eigenvalue weighted by atomic mass is 35.5. The van der Waals surface area contributed by atoms with Crippen molar-refractivity contribution in [2.45, 2.75) is 71.0 Å². The smallest absolute Gasteiger partial charge is 0.246 e. The van der Waals surface area contributed by atoms with Crippen molar-refractivity contribution in [1.29, 1.82) is 0 Å². The molecule has 0 radical (unpaired) electrons. The number of aryl methyl sites for hydroxylation is 1. The van der Waals surface area contributed by atoms with E-state index in [4.69, 9.17) is 17.3 Å². The Morgan fingerprint density at radius 1 is 1.07 bits per heavy atom. The number of nitrogens with one attached hydrogen (secondary N) is 2. The van der Waals surface area contributed by atoms with Crippen LogP contribution in [-0.2, 0) is 32.1 Å². The van der Waals surface area contributed by atoms with Crippen LogP contribution in [0.5, 0.6) is 0 Å². The summed E-state index contributed by atoms with van der Waals surface area (Å²) in [4.78, 5) is 56.5. The van der Waals surface area contributed by atoms with Gasteiger partial charge in [0.2, 0.25) is 23.6 Å². The highest BCUT2D eigenvalue weighted by Crippen LogP contribution is 2.25. The zero-order chi connectivity index (χ0) is 29.5. The Morgan fingerprint density at radius 3 is 2.51 bits per heavy atom. The van der Waals surface area contributed by atoms with Gasteiger partial charge in [-0.05, 0) is 73.5 Å². The Morgan fingerprint density at radius 2 is 1.80 bits per heavy atom. The number of hydrogen-bond acceptors (Lipinski definition) is 5. The molecule has 0 spiro atoms. The second kappa shape index (κ2) is 14.0. The lowest BCUT2D eigenvalue weighted by Crippen LogP contribution is -2.56. The van der Waals surface area contributed by atoms with Gasteiger partial charge in [-0.1, -0.05) is 42.8 Å². The van der Waals surface area contributed by atoms with Gasteiger partial charge in [-0.3, -0.25) is 19.2 Å². The first kappa shape index (κ1) is 30.5. The Hall–Kier alpha value is -3.43. The maximum Gasteiger partial charge on any atom is 0.246 e. The summed E-state index contributed by atoms with van der Waals surface area (Å²) in [7, 11) is 0. The quantitative estimate of drug-likeness (QED) is 0.418. The normalized spacial score (nSPS) is 19.2. The van der Waals surface area contributed by atoms with E-state index in [1.54, 1.807) is 23.1 Å². The number of rotatable bonds is 9. The fourth-order valence-electron chi connectivity index (χ4n) is 5.61. The fourth-order valence-corrected chi connectivity index (χ4v) is 5.72. The van der Waals surface area contributed by atoms with Crippen LogP contribution >= 0.6 is 11.6 Å². The van der Waals surface area contributed by atoms with E-state index in [1.165, 1.54) is 0 Å². The Labute approximate surface area is 246 Å². The standard InChI is InChI=1S/C31H40ClN5O4/c1-20-6-5-15-36(18-20)28(38)11-12-29(39)37-19-23-8-4-3-7-22(23)17-27(37)31(41)35-26(13-14-33)30(40)34-24-9-10-25(32)21(2)16-24/h3-4,7-10,16,20,26-27H,5-6,11-15,17-19,33H2,1-2H3,(H,34,40)(H,35,41)/t20-,26+,27+/m1/s1. The van der Waals surface area contributed by atoms with Crippen LogP contribution in [0, 0.1) is 12.8 Å². The van der Waals surface area contributed by atoms with Gasteiger partial charge in [0.25, 0.3) is 0 Å². The summed E-state index contributed by atoms with van der Waals surface area (Å²) in [6, 6.07) is 11.2. The van der Waals surface area contributed by atoms with Crippen LogP contribution in [0.2, 0.25) is 5.02 Å². The van der Waals surface area contributed by atoms with Crippen LogP contribution in [0.4, 0.5) is 5.69 Å². The molecular formula is C31H40ClN5O4. The third-order valence-corrected chi connectivity index (χ3v) is 8.37.